The van der Waals surface area contributed by atoms with Gasteiger partial charge in [0, 0.05) is 12.4 Å². The number of aromatic nitrogens is 2. The van der Waals surface area contributed by atoms with E-state index >= 15 is 0 Å². The van der Waals surface area contributed by atoms with Gasteiger partial charge in [-0.3, -0.25) is 0 Å². The number of nitrogens with one attached hydrogen (secondary N) is 1. The summed E-state index contributed by atoms with van der Waals surface area (Å²) in [6.07, 6.45) is 1.65. The van der Waals surface area contributed by atoms with E-state index in [-0.39, 0.29) is 5.95 Å². The third kappa shape index (κ3) is 3.52. The monoisotopic (exact) mass is 241 g/mol. The molecule has 0 unspecified atom stereocenters. The Hall–Kier alpha value is -0.290. The lowest BCUT2D eigenvalue weighted by Gasteiger charge is -2.19. The van der Waals surface area contributed by atoms with Gasteiger partial charge < -0.3 is 10.4 Å². The molecule has 0 fully saturated rings. The fraction of sp³-hybridized carbons (Fsp3) is 0.333. The minimum atomic E-state index is -1.81. The molecule has 1 aromatic heterocycles. The molecule has 0 aliphatic carbocycles. The van der Waals surface area contributed by atoms with Gasteiger partial charge in [0.25, 0.3) is 0 Å². The van der Waals surface area contributed by atoms with Gasteiger partial charge in [-0.1, -0.05) is 34.8 Å². The second-order valence-electron chi connectivity index (χ2n) is 2.16. The summed E-state index contributed by atoms with van der Waals surface area (Å²) in [5.74, 6) is 0.196. The molecule has 0 spiro atoms. The molecule has 1 aromatic rings. The Morgan fingerprint density at radius 1 is 1.31 bits per heavy atom. The number of hydrogen-bond donors (Lipinski definition) is 2. The third-order valence-electron chi connectivity index (χ3n) is 1.14. The van der Waals surface area contributed by atoms with Crippen LogP contribution in [0.2, 0.25) is 0 Å². The molecule has 13 heavy (non-hydrogen) atoms. The van der Waals surface area contributed by atoms with Crippen LogP contribution in [-0.2, 0) is 0 Å². The number of nitrogens with zero attached hydrogens (tertiary/aromatic N) is 2. The fourth-order valence-electron chi connectivity index (χ4n) is 0.578. The van der Waals surface area contributed by atoms with E-state index in [0.29, 0.717) is 0 Å². The second kappa shape index (κ2) is 4.28. The first-order valence-electron chi connectivity index (χ1n) is 3.28. The van der Waals surface area contributed by atoms with Gasteiger partial charge in [-0.25, -0.2) is 9.97 Å². The minimum absolute atomic E-state index is 0.196. The van der Waals surface area contributed by atoms with Gasteiger partial charge in [0.2, 0.25) is 9.74 Å². The third-order valence-corrected chi connectivity index (χ3v) is 1.76. The predicted molar refractivity (Wildman–Crippen MR) is 52.0 cm³/mol. The van der Waals surface area contributed by atoms with Crippen LogP contribution in [0.5, 0.6) is 0 Å². The Morgan fingerprint density at radius 3 is 2.31 bits per heavy atom. The number of aliphatic hydroxyl groups excluding tert-OH is 1. The summed E-state index contributed by atoms with van der Waals surface area (Å²) < 4.78 is -1.81. The number of alkyl halides is 3. The maximum absolute atomic E-state index is 9.25. The zero-order valence-corrected chi connectivity index (χ0v) is 8.55. The highest BCUT2D eigenvalue weighted by molar-refractivity contribution is 6.68. The summed E-state index contributed by atoms with van der Waals surface area (Å²) in [4.78, 5) is 7.55. The average Bonchev–Trinajstić information content (AvgIpc) is 2.04. The van der Waals surface area contributed by atoms with Crippen LogP contribution in [0.25, 0.3) is 0 Å². The Kier molecular flexibility index (Phi) is 3.55. The van der Waals surface area contributed by atoms with Gasteiger partial charge in [0.05, 0.1) is 0 Å². The molecular formula is C6H6Cl3N3O. The predicted octanol–water partition coefficient (Wildman–Crippen LogP) is 1.58. The zero-order valence-electron chi connectivity index (χ0n) is 6.28. The molecule has 1 heterocycles. The van der Waals surface area contributed by atoms with E-state index in [1.54, 1.807) is 6.07 Å². The largest absolute Gasteiger partial charge is 0.369 e. The fourth-order valence-corrected chi connectivity index (χ4v) is 0.741. The van der Waals surface area contributed by atoms with Gasteiger partial charge in [0.1, 0.15) is 0 Å². The summed E-state index contributed by atoms with van der Waals surface area (Å²) in [6, 6.07) is 1.63. The normalized spacial score (nSPS) is 13.8. The van der Waals surface area contributed by atoms with Gasteiger partial charge >= 0.3 is 0 Å². The van der Waals surface area contributed by atoms with Gasteiger partial charge in [-0.15, -0.1) is 0 Å². The standard InChI is InChI=1S/C6H6Cl3N3O/c7-6(8,9)4(13)12-5-10-2-1-3-11-5/h1-4,13H,(H,10,11,12)/t4-/m1/s1. The van der Waals surface area contributed by atoms with Gasteiger partial charge in [0.15, 0.2) is 6.23 Å². The Bertz CT molecular complexity index is 264. The molecular weight excluding hydrogens is 236 g/mol. The van der Waals surface area contributed by atoms with E-state index in [1.165, 1.54) is 12.4 Å². The number of aliphatic hydroxyl groups is 1. The topological polar surface area (TPSA) is 58.0 Å². The first-order valence-corrected chi connectivity index (χ1v) is 4.42. The van der Waals surface area contributed by atoms with E-state index in [4.69, 9.17) is 34.8 Å². The molecule has 1 rings (SSSR count). The minimum Gasteiger partial charge on any atom is -0.369 e. The van der Waals surface area contributed by atoms with Crippen LogP contribution < -0.4 is 5.32 Å². The molecule has 0 saturated heterocycles. The van der Waals surface area contributed by atoms with Crippen molar-refractivity contribution in [3.8, 4) is 0 Å². The maximum Gasteiger partial charge on any atom is 0.234 e. The smallest absolute Gasteiger partial charge is 0.234 e. The van der Waals surface area contributed by atoms with Crippen LogP contribution in [0.15, 0.2) is 18.5 Å². The van der Waals surface area contributed by atoms with Crippen LogP contribution in [-0.4, -0.2) is 25.1 Å². The molecule has 0 aliphatic heterocycles. The number of rotatable bonds is 2. The molecule has 7 heteroatoms. The van der Waals surface area contributed by atoms with Crippen molar-refractivity contribution in [3.05, 3.63) is 18.5 Å². The zero-order chi connectivity index (χ0) is 9.90. The molecule has 0 bridgehead atoms. The van der Waals surface area contributed by atoms with E-state index in [9.17, 15) is 5.11 Å². The molecule has 4 nitrogen and oxygen atoms in total. The van der Waals surface area contributed by atoms with Crippen LogP contribution in [0.1, 0.15) is 0 Å². The summed E-state index contributed by atoms with van der Waals surface area (Å²) in [5, 5.41) is 11.7. The Morgan fingerprint density at radius 2 is 1.85 bits per heavy atom. The molecule has 0 aromatic carbocycles. The molecule has 2 N–H and O–H groups in total. The summed E-state index contributed by atoms with van der Waals surface area (Å²) >= 11 is 16.2. The first-order chi connectivity index (χ1) is 6.00. The number of hydrogen-bond acceptors (Lipinski definition) is 4. The SMILES string of the molecule is O[C@@H](Nc1ncccn1)C(Cl)(Cl)Cl. The van der Waals surface area contributed by atoms with Crippen LogP contribution in [0, 0.1) is 0 Å². The lowest BCUT2D eigenvalue weighted by molar-refractivity contribution is 0.207. The lowest BCUT2D eigenvalue weighted by atomic mass is 10.6. The van der Waals surface area contributed by atoms with E-state index in [0.717, 1.165) is 0 Å². The van der Waals surface area contributed by atoms with Crippen molar-refractivity contribution in [2.45, 2.75) is 10.0 Å². The molecule has 0 aliphatic rings. The van der Waals surface area contributed by atoms with E-state index in [1.807, 2.05) is 0 Å². The van der Waals surface area contributed by atoms with Crippen molar-refractivity contribution in [2.75, 3.05) is 5.32 Å². The number of halogens is 3. The maximum atomic E-state index is 9.25. The highest BCUT2D eigenvalue weighted by Gasteiger charge is 2.31. The first kappa shape index (κ1) is 10.8. The summed E-state index contributed by atoms with van der Waals surface area (Å²) in [6.45, 7) is 0. The summed E-state index contributed by atoms with van der Waals surface area (Å²) in [7, 11) is 0. The molecule has 0 amide bonds. The number of anilines is 1. The van der Waals surface area contributed by atoms with Gasteiger partial charge in [-0.2, -0.15) is 0 Å². The average molecular weight is 242 g/mol. The van der Waals surface area contributed by atoms with Crippen molar-refractivity contribution >= 4 is 40.8 Å². The lowest BCUT2D eigenvalue weighted by Crippen LogP contribution is -2.33. The Balaban J connectivity index is 2.61. The highest BCUT2D eigenvalue weighted by atomic mass is 35.6. The van der Waals surface area contributed by atoms with Crippen LogP contribution in [0.4, 0.5) is 5.95 Å². The molecule has 72 valence electrons. The molecule has 0 saturated carbocycles. The second-order valence-corrected chi connectivity index (χ2v) is 4.53. The quantitative estimate of drug-likeness (QED) is 0.611. The van der Waals surface area contributed by atoms with E-state index in [2.05, 4.69) is 15.3 Å². The Labute approximate surface area is 89.9 Å². The van der Waals surface area contributed by atoms with Crippen molar-refractivity contribution < 1.29 is 5.11 Å². The summed E-state index contributed by atoms with van der Waals surface area (Å²) in [5.41, 5.74) is 0. The van der Waals surface area contributed by atoms with Crippen LogP contribution in [0.3, 0.4) is 0 Å². The van der Waals surface area contributed by atoms with Gasteiger partial charge in [-0.05, 0) is 6.07 Å². The highest BCUT2D eigenvalue weighted by Crippen LogP contribution is 2.30. The molecule has 1 atom stereocenters. The van der Waals surface area contributed by atoms with Crippen molar-refractivity contribution in [2.24, 2.45) is 0 Å². The van der Waals surface area contributed by atoms with E-state index < -0.39 is 10.0 Å². The van der Waals surface area contributed by atoms with Crippen molar-refractivity contribution in [1.29, 1.82) is 0 Å². The van der Waals surface area contributed by atoms with Crippen molar-refractivity contribution in [1.82, 2.24) is 9.97 Å². The van der Waals surface area contributed by atoms with Crippen LogP contribution >= 0.6 is 34.8 Å². The van der Waals surface area contributed by atoms with Crippen molar-refractivity contribution in [3.63, 3.8) is 0 Å². The molecule has 0 radical (unpaired) electrons.